The third-order valence-corrected chi connectivity index (χ3v) is 2.32. The number of methoxy groups -OCH3 is 1. The maximum Gasteiger partial charge on any atom is 0.0553 e. The fourth-order valence-electron chi connectivity index (χ4n) is 1.68. The Hall–Kier alpha value is -0.820. The number of benzene rings is 1. The molecule has 0 fully saturated rings. The summed E-state index contributed by atoms with van der Waals surface area (Å²) in [5.74, 6) is 0. The summed E-state index contributed by atoms with van der Waals surface area (Å²) in [5, 5.41) is 0. The maximum atomic E-state index is 5.20. The van der Waals surface area contributed by atoms with Crippen LogP contribution in [0.4, 0.5) is 0 Å². The lowest BCUT2D eigenvalue weighted by molar-refractivity contribution is 0.146. The predicted molar refractivity (Wildman–Crippen MR) is 54.9 cm³/mol. The van der Waals surface area contributed by atoms with Gasteiger partial charge in [0.1, 0.15) is 0 Å². The van der Waals surface area contributed by atoms with Crippen LogP contribution in [-0.2, 0) is 10.2 Å². The van der Waals surface area contributed by atoms with Gasteiger partial charge in [0.2, 0.25) is 0 Å². The molecule has 1 aromatic carbocycles. The van der Waals surface area contributed by atoms with Crippen LogP contribution in [0, 0.1) is 13.0 Å². The molecule has 0 spiro atoms. The Bertz CT molecular complexity index is 276. The molecule has 0 aromatic heterocycles. The monoisotopic (exact) mass is 177 g/mol. The number of ether oxygens (including phenoxy) is 1. The minimum absolute atomic E-state index is 0.0800. The zero-order valence-electron chi connectivity index (χ0n) is 8.85. The van der Waals surface area contributed by atoms with Crippen molar-refractivity contribution in [2.75, 3.05) is 13.7 Å². The Labute approximate surface area is 80.7 Å². The van der Waals surface area contributed by atoms with Gasteiger partial charge in [0, 0.05) is 12.5 Å². The van der Waals surface area contributed by atoms with Gasteiger partial charge >= 0.3 is 0 Å². The van der Waals surface area contributed by atoms with E-state index in [1.165, 1.54) is 11.1 Å². The second kappa shape index (κ2) is 3.93. The van der Waals surface area contributed by atoms with Crippen molar-refractivity contribution in [1.82, 2.24) is 0 Å². The van der Waals surface area contributed by atoms with Gasteiger partial charge in [-0.25, -0.2) is 0 Å². The van der Waals surface area contributed by atoms with Gasteiger partial charge in [-0.1, -0.05) is 32.0 Å². The average molecular weight is 177 g/mol. The summed E-state index contributed by atoms with van der Waals surface area (Å²) in [5.41, 5.74) is 2.70. The Morgan fingerprint density at radius 3 is 2.69 bits per heavy atom. The lowest BCUT2D eigenvalue weighted by atomic mass is 9.83. The molecule has 0 bridgehead atoms. The van der Waals surface area contributed by atoms with E-state index in [4.69, 9.17) is 4.74 Å². The zero-order valence-corrected chi connectivity index (χ0v) is 8.85. The molecule has 1 rings (SSSR count). The van der Waals surface area contributed by atoms with Crippen molar-refractivity contribution >= 4 is 0 Å². The number of aryl methyl sites for hydroxylation is 1. The molecular weight excluding hydrogens is 160 g/mol. The summed E-state index contributed by atoms with van der Waals surface area (Å²) >= 11 is 0. The second-order valence-corrected chi connectivity index (χ2v) is 4.06. The van der Waals surface area contributed by atoms with Gasteiger partial charge in [0.25, 0.3) is 0 Å². The van der Waals surface area contributed by atoms with E-state index >= 15 is 0 Å². The van der Waals surface area contributed by atoms with Gasteiger partial charge in [-0.15, -0.1) is 0 Å². The average Bonchev–Trinajstić information content (AvgIpc) is 2.04. The smallest absolute Gasteiger partial charge is 0.0553 e. The molecule has 0 aliphatic carbocycles. The summed E-state index contributed by atoms with van der Waals surface area (Å²) in [7, 11) is 1.74. The van der Waals surface area contributed by atoms with Crippen LogP contribution in [0.25, 0.3) is 0 Å². The predicted octanol–water partition coefficient (Wildman–Crippen LogP) is 2.72. The molecule has 0 saturated carbocycles. The van der Waals surface area contributed by atoms with Crippen LogP contribution in [0.15, 0.2) is 18.2 Å². The second-order valence-electron chi connectivity index (χ2n) is 4.06. The Morgan fingerprint density at radius 1 is 1.46 bits per heavy atom. The molecule has 1 aromatic rings. The molecule has 0 aliphatic rings. The minimum atomic E-state index is 0.0800. The van der Waals surface area contributed by atoms with E-state index in [2.05, 4.69) is 32.9 Å². The van der Waals surface area contributed by atoms with Crippen molar-refractivity contribution in [2.24, 2.45) is 0 Å². The third-order valence-electron chi connectivity index (χ3n) is 2.32. The molecule has 0 saturated heterocycles. The standard InChI is InChI=1S/C12H17O/c1-10-7-5-6-8-11(10)12(2,3)9-13-4/h5,7-8H,9H2,1-4H3. The van der Waals surface area contributed by atoms with Crippen molar-refractivity contribution in [1.29, 1.82) is 0 Å². The highest BCUT2D eigenvalue weighted by molar-refractivity contribution is 5.31. The fraction of sp³-hybridized carbons (Fsp3) is 0.500. The third kappa shape index (κ3) is 2.31. The van der Waals surface area contributed by atoms with Crippen molar-refractivity contribution < 1.29 is 4.74 Å². The first-order valence-electron chi connectivity index (χ1n) is 4.54. The van der Waals surface area contributed by atoms with Crippen LogP contribution in [0.2, 0.25) is 0 Å². The molecule has 71 valence electrons. The Balaban J connectivity index is 2.99. The largest absolute Gasteiger partial charge is 0.384 e. The van der Waals surface area contributed by atoms with E-state index in [0.29, 0.717) is 0 Å². The fourth-order valence-corrected chi connectivity index (χ4v) is 1.68. The number of rotatable bonds is 3. The van der Waals surface area contributed by atoms with Crippen molar-refractivity contribution in [2.45, 2.75) is 26.2 Å². The van der Waals surface area contributed by atoms with Gasteiger partial charge in [0.05, 0.1) is 6.61 Å². The molecule has 1 radical (unpaired) electrons. The van der Waals surface area contributed by atoms with E-state index in [-0.39, 0.29) is 5.41 Å². The molecule has 0 amide bonds. The van der Waals surface area contributed by atoms with Crippen LogP contribution in [-0.4, -0.2) is 13.7 Å². The van der Waals surface area contributed by atoms with Gasteiger partial charge in [0.15, 0.2) is 0 Å². The summed E-state index contributed by atoms with van der Waals surface area (Å²) in [6, 6.07) is 9.20. The van der Waals surface area contributed by atoms with Gasteiger partial charge in [-0.2, -0.15) is 0 Å². The van der Waals surface area contributed by atoms with Crippen LogP contribution >= 0.6 is 0 Å². The summed E-state index contributed by atoms with van der Waals surface area (Å²) in [6.45, 7) is 7.24. The summed E-state index contributed by atoms with van der Waals surface area (Å²) in [4.78, 5) is 0. The molecule has 13 heavy (non-hydrogen) atoms. The molecule has 0 unspecified atom stereocenters. The van der Waals surface area contributed by atoms with E-state index < -0.39 is 0 Å². The van der Waals surface area contributed by atoms with Crippen LogP contribution in [0.1, 0.15) is 25.0 Å². The quantitative estimate of drug-likeness (QED) is 0.689. The van der Waals surface area contributed by atoms with Gasteiger partial charge in [-0.3, -0.25) is 0 Å². The first kappa shape index (κ1) is 10.3. The van der Waals surface area contributed by atoms with E-state index in [1.54, 1.807) is 7.11 Å². The highest BCUT2D eigenvalue weighted by Crippen LogP contribution is 2.25. The lowest BCUT2D eigenvalue weighted by Gasteiger charge is -2.25. The maximum absolute atomic E-state index is 5.20. The summed E-state index contributed by atoms with van der Waals surface area (Å²) in [6.07, 6.45) is 0. The van der Waals surface area contributed by atoms with E-state index in [1.807, 2.05) is 12.1 Å². The highest BCUT2D eigenvalue weighted by Gasteiger charge is 2.21. The zero-order chi connectivity index (χ0) is 9.90. The molecule has 0 atom stereocenters. The van der Waals surface area contributed by atoms with Gasteiger partial charge < -0.3 is 4.74 Å². The molecule has 0 N–H and O–H groups in total. The number of hydrogen-bond acceptors (Lipinski definition) is 1. The van der Waals surface area contributed by atoms with Crippen molar-refractivity contribution in [3.05, 3.63) is 35.4 Å². The van der Waals surface area contributed by atoms with Crippen LogP contribution < -0.4 is 0 Å². The molecule has 0 heterocycles. The molecular formula is C12H17O. The Morgan fingerprint density at radius 2 is 2.15 bits per heavy atom. The van der Waals surface area contributed by atoms with Gasteiger partial charge in [-0.05, 0) is 24.1 Å². The molecule has 1 nitrogen and oxygen atoms in total. The van der Waals surface area contributed by atoms with E-state index in [9.17, 15) is 0 Å². The summed E-state index contributed by atoms with van der Waals surface area (Å²) < 4.78 is 5.20. The molecule has 1 heteroatoms. The Kier molecular flexibility index (Phi) is 3.10. The minimum Gasteiger partial charge on any atom is -0.384 e. The lowest BCUT2D eigenvalue weighted by Crippen LogP contribution is -2.24. The van der Waals surface area contributed by atoms with Crippen LogP contribution in [0.3, 0.4) is 0 Å². The SMILES string of the molecule is COCC(C)(C)c1c[c]ccc1C. The number of hydrogen-bond donors (Lipinski definition) is 0. The first-order chi connectivity index (χ1) is 6.08. The molecule has 0 aliphatic heterocycles. The van der Waals surface area contributed by atoms with Crippen molar-refractivity contribution in [3.8, 4) is 0 Å². The van der Waals surface area contributed by atoms with Crippen LogP contribution in [0.5, 0.6) is 0 Å². The normalized spacial score (nSPS) is 11.7. The van der Waals surface area contributed by atoms with E-state index in [0.717, 1.165) is 6.61 Å². The first-order valence-corrected chi connectivity index (χ1v) is 4.54. The topological polar surface area (TPSA) is 9.23 Å². The van der Waals surface area contributed by atoms with Crippen molar-refractivity contribution in [3.63, 3.8) is 0 Å². The highest BCUT2D eigenvalue weighted by atomic mass is 16.5.